The zero-order valence-electron chi connectivity index (χ0n) is 21.6. The predicted octanol–water partition coefficient (Wildman–Crippen LogP) is 1.95. The number of nitrogens with zero attached hydrogens (tertiary/aromatic N) is 6. The lowest BCUT2D eigenvalue weighted by atomic mass is 10.0. The first-order valence-corrected chi connectivity index (χ1v) is 14.5. The van der Waals surface area contributed by atoms with Gasteiger partial charge in [-0.1, -0.05) is 17.8 Å². The number of nitrogens with one attached hydrogen (secondary N) is 2. The lowest BCUT2D eigenvalue weighted by Crippen LogP contribution is -2.70. The van der Waals surface area contributed by atoms with E-state index in [-0.39, 0.29) is 16.4 Å². The van der Waals surface area contributed by atoms with Crippen molar-refractivity contribution in [3.05, 3.63) is 28.4 Å². The Morgan fingerprint density at radius 2 is 2.08 bits per heavy atom. The molecule has 1 unspecified atom stereocenters. The van der Waals surface area contributed by atoms with Gasteiger partial charge in [0.2, 0.25) is 5.16 Å². The molecule has 0 radical (unpaired) electrons. The number of rotatable bonds is 8. The first kappa shape index (κ1) is 28.6. The molecule has 39 heavy (non-hydrogen) atoms. The van der Waals surface area contributed by atoms with Gasteiger partial charge in [-0.05, 0) is 43.7 Å². The number of hydrogen-bond donors (Lipinski definition) is 3. The van der Waals surface area contributed by atoms with Crippen molar-refractivity contribution in [2.75, 3.05) is 16.8 Å². The summed E-state index contributed by atoms with van der Waals surface area (Å²) in [6.45, 7) is 6.87. The summed E-state index contributed by atoms with van der Waals surface area (Å²) < 4.78 is 6.69. The highest BCUT2D eigenvalue weighted by Crippen LogP contribution is 2.41. The van der Waals surface area contributed by atoms with Gasteiger partial charge >= 0.3 is 12.1 Å². The fourth-order valence-corrected chi connectivity index (χ4v) is 6.78. The number of aliphatic carboxylic acids is 1. The second-order valence-corrected chi connectivity index (χ2v) is 12.3. The molecular formula is C22H26N8O6S3. The molecule has 2 atom stereocenters. The summed E-state index contributed by atoms with van der Waals surface area (Å²) in [4.78, 5) is 55.8. The average Bonchev–Trinajstić information content (AvgIpc) is 3.48. The van der Waals surface area contributed by atoms with Gasteiger partial charge < -0.3 is 15.2 Å². The van der Waals surface area contributed by atoms with Gasteiger partial charge in [-0.2, -0.15) is 0 Å². The lowest BCUT2D eigenvalue weighted by molar-refractivity contribution is -0.150. The molecule has 14 nitrogen and oxygen atoms in total. The Labute approximate surface area is 235 Å². The van der Waals surface area contributed by atoms with E-state index < -0.39 is 40.9 Å². The summed E-state index contributed by atoms with van der Waals surface area (Å²) in [5.74, 6) is -1.61. The highest BCUT2D eigenvalue weighted by Gasteiger charge is 2.54. The number of hydrogen-bond acceptors (Lipinski definition) is 12. The Kier molecular flexibility index (Phi) is 8.31. The van der Waals surface area contributed by atoms with Gasteiger partial charge in [0, 0.05) is 23.9 Å². The van der Waals surface area contributed by atoms with Crippen molar-refractivity contribution in [1.29, 1.82) is 0 Å². The number of allylic oxidation sites excluding steroid dienone is 1. The summed E-state index contributed by atoms with van der Waals surface area (Å²) >= 11 is 3.76. The SMILES string of the molecule is CC=C(C(=O)NC1C(=O)N2C(C(=O)O)=C(CSc3nnnn3C)CS[C@@H]12)c1csc(NC(=O)OC(C)(C)C)n1. The van der Waals surface area contributed by atoms with Crippen LogP contribution in [-0.4, -0.2) is 87.6 Å². The van der Waals surface area contributed by atoms with E-state index in [1.165, 1.54) is 33.1 Å². The average molecular weight is 595 g/mol. The van der Waals surface area contributed by atoms with E-state index in [1.54, 1.807) is 46.2 Å². The quantitative estimate of drug-likeness (QED) is 0.230. The normalized spacial score (nSPS) is 19.4. The number of carboxylic acid groups (broad SMARTS) is 1. The van der Waals surface area contributed by atoms with Gasteiger partial charge in [0.25, 0.3) is 11.8 Å². The number of ether oxygens (including phenoxy) is 1. The molecule has 0 saturated carbocycles. The van der Waals surface area contributed by atoms with Crippen molar-refractivity contribution in [1.82, 2.24) is 35.4 Å². The van der Waals surface area contributed by atoms with Crippen LogP contribution in [0.1, 0.15) is 33.4 Å². The van der Waals surface area contributed by atoms with Gasteiger partial charge in [0.1, 0.15) is 22.7 Å². The number of anilines is 1. The van der Waals surface area contributed by atoms with Crippen LogP contribution in [0.5, 0.6) is 0 Å². The zero-order chi connectivity index (χ0) is 28.5. The van der Waals surface area contributed by atoms with Crippen LogP contribution in [0.4, 0.5) is 9.93 Å². The van der Waals surface area contributed by atoms with E-state index in [0.29, 0.717) is 27.9 Å². The molecule has 208 valence electrons. The molecule has 4 rings (SSSR count). The lowest BCUT2D eigenvalue weighted by Gasteiger charge is -2.49. The molecule has 0 aliphatic carbocycles. The smallest absolute Gasteiger partial charge is 0.413 e. The van der Waals surface area contributed by atoms with Gasteiger partial charge in [0.15, 0.2) is 5.13 Å². The molecule has 3 amide bonds. The molecule has 3 N–H and O–H groups in total. The highest BCUT2D eigenvalue weighted by atomic mass is 32.2. The first-order valence-electron chi connectivity index (χ1n) is 11.6. The predicted molar refractivity (Wildman–Crippen MR) is 145 cm³/mol. The van der Waals surface area contributed by atoms with Gasteiger partial charge in [-0.15, -0.1) is 28.2 Å². The summed E-state index contributed by atoms with van der Waals surface area (Å²) in [6.07, 6.45) is 0.883. The van der Waals surface area contributed by atoms with E-state index in [2.05, 4.69) is 31.1 Å². The molecule has 1 fully saturated rings. The number of β-lactam (4-membered cyclic amide) rings is 1. The van der Waals surface area contributed by atoms with Gasteiger partial charge in [-0.3, -0.25) is 19.8 Å². The number of thiazole rings is 1. The summed E-state index contributed by atoms with van der Waals surface area (Å²) in [7, 11) is 1.68. The minimum absolute atomic E-state index is 0.0829. The van der Waals surface area contributed by atoms with Crippen LogP contribution < -0.4 is 10.6 Å². The van der Waals surface area contributed by atoms with Crippen LogP contribution in [-0.2, 0) is 26.2 Å². The van der Waals surface area contributed by atoms with Crippen LogP contribution in [0, 0.1) is 0 Å². The van der Waals surface area contributed by atoms with Crippen molar-refractivity contribution >= 4 is 69.4 Å². The number of aryl methyl sites for hydroxylation is 1. The Balaban J connectivity index is 1.42. The monoisotopic (exact) mass is 594 g/mol. The number of carbonyl (C=O) groups is 4. The molecule has 0 spiro atoms. The third-order valence-corrected chi connectivity index (χ3v) is 8.61. The Hall–Kier alpha value is -3.44. The van der Waals surface area contributed by atoms with E-state index in [4.69, 9.17) is 4.74 Å². The number of carboxylic acids is 1. The first-order chi connectivity index (χ1) is 18.4. The third-order valence-electron chi connectivity index (χ3n) is 5.41. The van der Waals surface area contributed by atoms with Crippen molar-refractivity contribution in [2.45, 2.75) is 49.9 Å². The van der Waals surface area contributed by atoms with E-state index in [9.17, 15) is 24.3 Å². The number of amides is 3. The molecule has 4 heterocycles. The van der Waals surface area contributed by atoms with Crippen LogP contribution in [0.15, 0.2) is 27.9 Å². The third kappa shape index (κ3) is 6.25. The Morgan fingerprint density at radius 1 is 1.33 bits per heavy atom. The topological polar surface area (TPSA) is 182 Å². The molecule has 2 aromatic heterocycles. The number of thioether (sulfide) groups is 2. The van der Waals surface area contributed by atoms with E-state index >= 15 is 0 Å². The summed E-state index contributed by atoms with van der Waals surface area (Å²) in [5, 5.41) is 28.1. The molecule has 2 aliphatic rings. The molecule has 17 heteroatoms. The van der Waals surface area contributed by atoms with Crippen molar-refractivity contribution in [2.24, 2.45) is 7.05 Å². The molecular weight excluding hydrogens is 568 g/mol. The zero-order valence-corrected chi connectivity index (χ0v) is 24.1. The minimum Gasteiger partial charge on any atom is -0.477 e. The van der Waals surface area contributed by atoms with Crippen molar-refractivity contribution in [3.63, 3.8) is 0 Å². The maximum Gasteiger partial charge on any atom is 0.413 e. The maximum absolute atomic E-state index is 13.1. The molecule has 0 aromatic carbocycles. The summed E-state index contributed by atoms with van der Waals surface area (Å²) in [5.41, 5.74) is 0.327. The van der Waals surface area contributed by atoms with E-state index in [0.717, 1.165) is 11.3 Å². The number of tetrazole rings is 1. The largest absolute Gasteiger partial charge is 0.477 e. The van der Waals surface area contributed by atoms with Crippen LogP contribution in [0.3, 0.4) is 0 Å². The second-order valence-electron chi connectivity index (χ2n) is 9.36. The minimum atomic E-state index is -1.22. The van der Waals surface area contributed by atoms with Gasteiger partial charge in [-0.25, -0.2) is 19.3 Å². The van der Waals surface area contributed by atoms with E-state index in [1.807, 2.05) is 0 Å². The molecule has 2 aromatic rings. The number of carbonyl (C=O) groups excluding carboxylic acids is 3. The Morgan fingerprint density at radius 3 is 2.69 bits per heavy atom. The fourth-order valence-electron chi connectivity index (χ4n) is 3.75. The second kappa shape index (κ2) is 11.4. The number of fused-ring (bicyclic) bond motifs is 1. The molecule has 1 saturated heterocycles. The Bertz CT molecular complexity index is 1380. The fraction of sp³-hybridized carbons (Fsp3) is 0.455. The highest BCUT2D eigenvalue weighted by molar-refractivity contribution is 8.01. The van der Waals surface area contributed by atoms with Crippen molar-refractivity contribution in [3.8, 4) is 0 Å². The summed E-state index contributed by atoms with van der Waals surface area (Å²) in [6, 6.07) is -0.901. The van der Waals surface area contributed by atoms with Crippen LogP contribution in [0.2, 0.25) is 0 Å². The molecule has 2 aliphatic heterocycles. The molecule has 0 bridgehead atoms. The van der Waals surface area contributed by atoms with Gasteiger partial charge in [0.05, 0.1) is 11.3 Å². The van der Waals surface area contributed by atoms with Crippen LogP contribution >= 0.6 is 34.9 Å². The maximum atomic E-state index is 13.1. The van der Waals surface area contributed by atoms with Crippen LogP contribution in [0.25, 0.3) is 5.57 Å². The standard InChI is InChI=1S/C22H26N8O6S3/c1-6-11(12-9-38-19(23-12)25-21(35)36-22(2,3)4)15(31)24-13-16(32)30-14(18(33)34)10(7-37-17(13)30)8-39-20-26-27-28-29(20)5/h6,9,13,17H,7-8H2,1-5H3,(H,24,31)(H,33,34)(H,23,25,35)/t13?,17-/m0/s1. The number of aromatic nitrogens is 5. The van der Waals surface area contributed by atoms with Crippen molar-refractivity contribution < 1.29 is 29.0 Å².